The van der Waals surface area contributed by atoms with E-state index >= 15 is 0 Å². The van der Waals surface area contributed by atoms with Gasteiger partial charge in [0.05, 0.1) is 11.0 Å². The first-order valence-electron chi connectivity index (χ1n) is 11.0. The molecule has 0 saturated carbocycles. The van der Waals surface area contributed by atoms with E-state index in [9.17, 15) is 9.59 Å². The normalized spacial score (nSPS) is 15.2. The van der Waals surface area contributed by atoms with E-state index in [4.69, 9.17) is 4.98 Å². The minimum Gasteiger partial charge on any atom is -0.355 e. The fourth-order valence-electron chi connectivity index (χ4n) is 4.09. The van der Waals surface area contributed by atoms with E-state index in [2.05, 4.69) is 12.2 Å². The van der Waals surface area contributed by atoms with E-state index in [1.165, 1.54) is 0 Å². The molecular formula is C23H34N4O2. The number of amides is 2. The summed E-state index contributed by atoms with van der Waals surface area (Å²) in [6.45, 7) is 8.86. The zero-order valence-corrected chi connectivity index (χ0v) is 18.0. The molecule has 1 saturated heterocycles. The second-order valence-corrected chi connectivity index (χ2v) is 8.22. The van der Waals surface area contributed by atoms with Gasteiger partial charge in [-0.3, -0.25) is 9.59 Å². The van der Waals surface area contributed by atoms with E-state index in [-0.39, 0.29) is 17.7 Å². The molecule has 29 heavy (non-hydrogen) atoms. The predicted octanol–water partition coefficient (Wildman–Crippen LogP) is 3.39. The Bertz CT molecular complexity index is 833. The van der Waals surface area contributed by atoms with Crippen LogP contribution in [0.5, 0.6) is 0 Å². The molecule has 2 aromatic rings. The average Bonchev–Trinajstić information content (AvgIpc) is 3.07. The molecule has 2 heterocycles. The van der Waals surface area contributed by atoms with E-state index in [1.807, 2.05) is 47.6 Å². The van der Waals surface area contributed by atoms with Crippen LogP contribution in [0.1, 0.15) is 52.3 Å². The van der Waals surface area contributed by atoms with Gasteiger partial charge in [0.1, 0.15) is 12.4 Å². The second kappa shape index (κ2) is 9.90. The lowest BCUT2D eigenvalue weighted by Crippen LogP contribution is -2.40. The molecular weight excluding hydrogens is 364 g/mol. The van der Waals surface area contributed by atoms with E-state index in [0.29, 0.717) is 25.4 Å². The van der Waals surface area contributed by atoms with Gasteiger partial charge < -0.3 is 14.8 Å². The first-order valence-corrected chi connectivity index (χ1v) is 11.0. The number of nitrogens with one attached hydrogen (secondary N) is 1. The lowest BCUT2D eigenvalue weighted by atomic mass is 9.99. The van der Waals surface area contributed by atoms with Crippen LogP contribution in [0, 0.1) is 11.8 Å². The number of carbonyl (C=O) groups is 2. The molecule has 1 aromatic heterocycles. The summed E-state index contributed by atoms with van der Waals surface area (Å²) in [7, 11) is 0. The standard InChI is InChI=1S/C23H34N4O2/c1-4-18(5-2)23(29)24-13-10-21-25-19-8-6-7-9-20(19)27(21)16-22(28)26-14-11-17(3)12-15-26/h6-9,17-18H,4-5,10-16H2,1-3H3,(H,24,29). The van der Waals surface area contributed by atoms with Gasteiger partial charge in [0.2, 0.25) is 11.8 Å². The topological polar surface area (TPSA) is 67.2 Å². The number of carbonyl (C=O) groups excluding carboxylic acids is 2. The Labute approximate surface area is 173 Å². The Morgan fingerprint density at radius 1 is 1.17 bits per heavy atom. The summed E-state index contributed by atoms with van der Waals surface area (Å²) in [5.74, 6) is 1.88. The Morgan fingerprint density at radius 2 is 1.86 bits per heavy atom. The van der Waals surface area contributed by atoms with Gasteiger partial charge in [0.15, 0.2) is 0 Å². The van der Waals surface area contributed by atoms with Gasteiger partial charge in [-0.2, -0.15) is 0 Å². The van der Waals surface area contributed by atoms with Gasteiger partial charge in [0, 0.05) is 32.0 Å². The molecule has 0 radical (unpaired) electrons. The van der Waals surface area contributed by atoms with Gasteiger partial charge in [-0.05, 0) is 43.7 Å². The number of nitrogens with zero attached hydrogens (tertiary/aromatic N) is 3. The first kappa shape index (κ1) is 21.3. The number of hydrogen-bond acceptors (Lipinski definition) is 3. The largest absolute Gasteiger partial charge is 0.355 e. The smallest absolute Gasteiger partial charge is 0.242 e. The average molecular weight is 399 g/mol. The monoisotopic (exact) mass is 398 g/mol. The molecule has 6 heteroatoms. The van der Waals surface area contributed by atoms with Crippen molar-refractivity contribution in [1.29, 1.82) is 0 Å². The molecule has 1 N–H and O–H groups in total. The molecule has 6 nitrogen and oxygen atoms in total. The molecule has 1 fully saturated rings. The van der Waals surface area contributed by atoms with Gasteiger partial charge >= 0.3 is 0 Å². The summed E-state index contributed by atoms with van der Waals surface area (Å²) in [5, 5.41) is 3.04. The van der Waals surface area contributed by atoms with Crippen molar-refractivity contribution in [2.75, 3.05) is 19.6 Å². The highest BCUT2D eigenvalue weighted by atomic mass is 16.2. The zero-order chi connectivity index (χ0) is 20.8. The number of aromatic nitrogens is 2. The lowest BCUT2D eigenvalue weighted by molar-refractivity contribution is -0.133. The SMILES string of the molecule is CCC(CC)C(=O)NCCc1nc2ccccc2n1CC(=O)N1CCC(C)CC1. The van der Waals surface area contributed by atoms with Crippen molar-refractivity contribution in [2.45, 2.75) is 59.4 Å². The maximum absolute atomic E-state index is 12.9. The highest BCUT2D eigenvalue weighted by molar-refractivity contribution is 5.81. The Morgan fingerprint density at radius 3 is 2.55 bits per heavy atom. The third-order valence-electron chi connectivity index (χ3n) is 6.17. The number of likely N-dealkylation sites (tertiary alicyclic amines) is 1. The maximum atomic E-state index is 12.9. The van der Waals surface area contributed by atoms with Crippen LogP contribution in [0.15, 0.2) is 24.3 Å². The van der Waals surface area contributed by atoms with Crippen LogP contribution in [0.3, 0.4) is 0 Å². The molecule has 158 valence electrons. The summed E-state index contributed by atoms with van der Waals surface area (Å²) in [6, 6.07) is 7.93. The molecule has 3 rings (SSSR count). The summed E-state index contributed by atoms with van der Waals surface area (Å²) in [4.78, 5) is 31.9. The van der Waals surface area contributed by atoms with Crippen molar-refractivity contribution in [3.63, 3.8) is 0 Å². The maximum Gasteiger partial charge on any atom is 0.242 e. The van der Waals surface area contributed by atoms with Crippen molar-refractivity contribution in [3.8, 4) is 0 Å². The fourth-order valence-corrected chi connectivity index (χ4v) is 4.09. The molecule has 1 aliphatic rings. The van der Waals surface area contributed by atoms with E-state index in [0.717, 1.165) is 55.6 Å². The summed E-state index contributed by atoms with van der Waals surface area (Å²) >= 11 is 0. The van der Waals surface area contributed by atoms with E-state index in [1.54, 1.807) is 0 Å². The van der Waals surface area contributed by atoms with Gasteiger partial charge in [-0.15, -0.1) is 0 Å². The summed E-state index contributed by atoms with van der Waals surface area (Å²) < 4.78 is 2.03. The lowest BCUT2D eigenvalue weighted by Gasteiger charge is -2.30. The van der Waals surface area contributed by atoms with Gasteiger partial charge in [-0.25, -0.2) is 4.98 Å². The van der Waals surface area contributed by atoms with Crippen LogP contribution in [0.2, 0.25) is 0 Å². The van der Waals surface area contributed by atoms with Crippen LogP contribution in [-0.4, -0.2) is 45.9 Å². The number of imidazole rings is 1. The Kier molecular flexibility index (Phi) is 7.29. The van der Waals surface area contributed by atoms with Crippen molar-refractivity contribution in [3.05, 3.63) is 30.1 Å². The van der Waals surface area contributed by atoms with Crippen molar-refractivity contribution >= 4 is 22.8 Å². The Balaban J connectivity index is 1.70. The molecule has 0 bridgehead atoms. The van der Waals surface area contributed by atoms with Crippen molar-refractivity contribution in [2.24, 2.45) is 11.8 Å². The molecule has 1 aromatic carbocycles. The van der Waals surface area contributed by atoms with Crippen molar-refractivity contribution in [1.82, 2.24) is 19.8 Å². The second-order valence-electron chi connectivity index (χ2n) is 8.22. The summed E-state index contributed by atoms with van der Waals surface area (Å²) in [6.07, 6.45) is 4.47. The molecule has 0 aliphatic carbocycles. The molecule has 0 atom stereocenters. The number of hydrogen-bond donors (Lipinski definition) is 1. The third kappa shape index (κ3) is 5.17. The molecule has 1 aliphatic heterocycles. The van der Waals surface area contributed by atoms with Gasteiger partial charge in [0.25, 0.3) is 0 Å². The minimum atomic E-state index is 0.0666. The van der Waals surface area contributed by atoms with Crippen molar-refractivity contribution < 1.29 is 9.59 Å². The Hall–Kier alpha value is -2.37. The van der Waals surface area contributed by atoms with E-state index < -0.39 is 0 Å². The first-order chi connectivity index (χ1) is 14.0. The highest BCUT2D eigenvalue weighted by Crippen LogP contribution is 2.19. The van der Waals surface area contributed by atoms with Gasteiger partial charge in [-0.1, -0.05) is 32.9 Å². The van der Waals surface area contributed by atoms with Crippen LogP contribution in [-0.2, 0) is 22.6 Å². The fraction of sp³-hybridized carbons (Fsp3) is 0.609. The molecule has 0 spiro atoms. The third-order valence-corrected chi connectivity index (χ3v) is 6.17. The minimum absolute atomic E-state index is 0.0666. The van der Waals surface area contributed by atoms with Crippen LogP contribution in [0.4, 0.5) is 0 Å². The number of rotatable bonds is 8. The number of fused-ring (bicyclic) bond motifs is 1. The number of para-hydroxylation sites is 2. The van der Waals surface area contributed by atoms with Crippen LogP contribution < -0.4 is 5.32 Å². The predicted molar refractivity (Wildman–Crippen MR) is 115 cm³/mol. The highest BCUT2D eigenvalue weighted by Gasteiger charge is 2.22. The zero-order valence-electron chi connectivity index (χ0n) is 18.0. The molecule has 2 amide bonds. The van der Waals surface area contributed by atoms with Crippen LogP contribution in [0.25, 0.3) is 11.0 Å². The van der Waals surface area contributed by atoms with Crippen LogP contribution >= 0.6 is 0 Å². The number of piperidine rings is 1. The number of benzene rings is 1. The quantitative estimate of drug-likeness (QED) is 0.741. The summed E-state index contributed by atoms with van der Waals surface area (Å²) in [5.41, 5.74) is 1.88. The molecule has 0 unspecified atom stereocenters.